The van der Waals surface area contributed by atoms with Crippen molar-refractivity contribution in [3.63, 3.8) is 0 Å². The van der Waals surface area contributed by atoms with Gasteiger partial charge >= 0.3 is 5.97 Å². The monoisotopic (exact) mass is 346 g/mol. The van der Waals surface area contributed by atoms with Gasteiger partial charge in [0.1, 0.15) is 17.8 Å². The first kappa shape index (κ1) is 17.2. The van der Waals surface area contributed by atoms with Crippen LogP contribution < -0.4 is 16.1 Å². The van der Waals surface area contributed by atoms with Crippen LogP contribution in [0.15, 0.2) is 12.5 Å². The number of amides is 1. The van der Waals surface area contributed by atoms with Gasteiger partial charge in [0.2, 0.25) is 0 Å². The van der Waals surface area contributed by atoms with Crippen LogP contribution >= 0.6 is 0 Å². The fourth-order valence-corrected chi connectivity index (χ4v) is 3.23. The van der Waals surface area contributed by atoms with Gasteiger partial charge in [-0.1, -0.05) is 0 Å². The molecule has 25 heavy (non-hydrogen) atoms. The smallest absolute Gasteiger partial charge is 0.329 e. The average molecular weight is 346 g/mol. The predicted octanol–water partition coefficient (Wildman–Crippen LogP) is 0.406. The number of hydrogen-bond donors (Lipinski definition) is 3. The molecule has 1 fully saturated rings. The summed E-state index contributed by atoms with van der Waals surface area (Å²) < 4.78 is 0. The number of aryl methyl sites for hydroxylation is 1. The highest BCUT2D eigenvalue weighted by atomic mass is 16.7. The van der Waals surface area contributed by atoms with Crippen LogP contribution in [-0.2, 0) is 14.4 Å². The Morgan fingerprint density at radius 3 is 2.76 bits per heavy atom. The Labute approximate surface area is 144 Å². The van der Waals surface area contributed by atoms with E-state index in [1.807, 2.05) is 13.1 Å². The summed E-state index contributed by atoms with van der Waals surface area (Å²) in [6.07, 6.45) is 4.53. The van der Waals surface area contributed by atoms with Gasteiger partial charge in [0.15, 0.2) is 0 Å². The van der Waals surface area contributed by atoms with Crippen molar-refractivity contribution >= 4 is 28.7 Å². The molecule has 0 unspecified atom stereocenters. The number of aromatic amines is 1. The highest BCUT2D eigenvalue weighted by molar-refractivity contribution is 5.91. The van der Waals surface area contributed by atoms with E-state index in [-0.39, 0.29) is 12.5 Å². The highest BCUT2D eigenvalue weighted by Gasteiger charge is 2.41. The molecule has 9 heteroatoms. The number of rotatable bonds is 3. The molecule has 1 aliphatic rings. The first-order chi connectivity index (χ1) is 12.0. The second-order valence-electron chi connectivity index (χ2n) is 6.39. The number of nitrogens with two attached hydrogens (primary N) is 1. The number of nitrogens with one attached hydrogen (secondary N) is 2. The molecule has 2 aromatic rings. The molecule has 0 atom stereocenters. The average Bonchev–Trinajstić information content (AvgIpc) is 3.01. The Morgan fingerprint density at radius 2 is 2.12 bits per heavy atom. The topological polar surface area (TPSA) is 126 Å². The minimum Gasteiger partial charge on any atom is -0.356 e. The van der Waals surface area contributed by atoms with Crippen molar-refractivity contribution in [2.24, 2.45) is 11.1 Å². The number of hydrogen-bond acceptors (Lipinski definition) is 7. The lowest BCUT2D eigenvalue weighted by molar-refractivity contribution is -0.161. The van der Waals surface area contributed by atoms with Crippen molar-refractivity contribution in [2.75, 3.05) is 24.5 Å². The standard InChI is InChI=1S/C16H22N6O3/c1-10-7-18-13-12(10)14(20-9-19-13)22-5-3-16(8-17,4-6-22)15(24)21-25-11(2)23/h7,9H,3-6,8,17H2,1-2H3,(H,21,24)(H,18,19,20). The van der Waals surface area contributed by atoms with Gasteiger partial charge in [-0.25, -0.2) is 9.97 Å². The number of nitrogens with zero attached hydrogens (tertiary/aromatic N) is 3. The maximum Gasteiger partial charge on any atom is 0.329 e. The summed E-state index contributed by atoms with van der Waals surface area (Å²) in [7, 11) is 0. The van der Waals surface area contributed by atoms with Crippen molar-refractivity contribution in [1.82, 2.24) is 20.4 Å². The van der Waals surface area contributed by atoms with Crippen molar-refractivity contribution in [1.29, 1.82) is 0 Å². The van der Waals surface area contributed by atoms with Crippen LogP contribution in [0.5, 0.6) is 0 Å². The summed E-state index contributed by atoms with van der Waals surface area (Å²) in [6.45, 7) is 4.68. The van der Waals surface area contributed by atoms with Crippen LogP contribution in [0.4, 0.5) is 5.82 Å². The number of anilines is 1. The number of aromatic nitrogens is 3. The molecule has 4 N–H and O–H groups in total. The molecule has 2 aromatic heterocycles. The second-order valence-corrected chi connectivity index (χ2v) is 6.39. The van der Waals surface area contributed by atoms with Crippen LogP contribution in [0.1, 0.15) is 25.3 Å². The van der Waals surface area contributed by atoms with Gasteiger partial charge in [0.25, 0.3) is 5.91 Å². The van der Waals surface area contributed by atoms with Crippen molar-refractivity contribution < 1.29 is 14.4 Å². The molecule has 3 rings (SSSR count). The van der Waals surface area contributed by atoms with Crippen LogP contribution in [-0.4, -0.2) is 46.5 Å². The molecule has 0 radical (unpaired) electrons. The summed E-state index contributed by atoms with van der Waals surface area (Å²) in [5.41, 5.74) is 9.22. The van der Waals surface area contributed by atoms with Gasteiger partial charge in [-0.3, -0.25) is 9.59 Å². The maximum absolute atomic E-state index is 12.4. The van der Waals surface area contributed by atoms with Crippen molar-refractivity contribution in [3.05, 3.63) is 18.1 Å². The SMILES string of the molecule is CC(=O)ONC(=O)C1(CN)CCN(c2ncnc3[nH]cc(C)c23)CC1. The van der Waals surface area contributed by atoms with Crippen LogP contribution in [0.25, 0.3) is 11.0 Å². The van der Waals surface area contributed by atoms with Gasteiger partial charge < -0.3 is 20.5 Å². The zero-order chi connectivity index (χ0) is 18.0. The summed E-state index contributed by atoms with van der Waals surface area (Å²) >= 11 is 0. The van der Waals surface area contributed by atoms with E-state index in [1.54, 1.807) is 0 Å². The molecular formula is C16H22N6O3. The Kier molecular flexibility index (Phi) is 4.58. The molecule has 0 saturated carbocycles. The third-order valence-corrected chi connectivity index (χ3v) is 4.83. The lowest BCUT2D eigenvalue weighted by Gasteiger charge is -2.40. The summed E-state index contributed by atoms with van der Waals surface area (Å²) in [4.78, 5) is 41.9. The quantitative estimate of drug-likeness (QED) is 0.687. The van der Waals surface area contributed by atoms with E-state index in [0.717, 1.165) is 22.4 Å². The van der Waals surface area contributed by atoms with E-state index in [1.165, 1.54) is 13.3 Å². The number of piperidine rings is 1. The molecule has 9 nitrogen and oxygen atoms in total. The third-order valence-electron chi connectivity index (χ3n) is 4.83. The van der Waals surface area contributed by atoms with Gasteiger partial charge in [0, 0.05) is 32.8 Å². The molecule has 0 aliphatic carbocycles. The normalized spacial score (nSPS) is 16.7. The number of H-pyrrole nitrogens is 1. The van der Waals surface area contributed by atoms with Gasteiger partial charge in [-0.05, 0) is 25.3 Å². The van der Waals surface area contributed by atoms with E-state index in [2.05, 4.69) is 30.2 Å². The summed E-state index contributed by atoms with van der Waals surface area (Å²) in [5.74, 6) is -0.0606. The molecule has 1 saturated heterocycles. The maximum atomic E-state index is 12.4. The van der Waals surface area contributed by atoms with Gasteiger partial charge in [-0.2, -0.15) is 5.48 Å². The lowest BCUT2D eigenvalue weighted by atomic mass is 9.77. The molecule has 0 spiro atoms. The largest absolute Gasteiger partial charge is 0.356 e. The molecule has 1 amide bonds. The van der Waals surface area contributed by atoms with Gasteiger partial charge in [-0.15, -0.1) is 0 Å². The first-order valence-corrected chi connectivity index (χ1v) is 8.18. The summed E-state index contributed by atoms with van der Waals surface area (Å²) in [5, 5.41) is 0.993. The number of carbonyl (C=O) groups is 2. The lowest BCUT2D eigenvalue weighted by Crippen LogP contribution is -2.53. The molecule has 0 bridgehead atoms. The predicted molar refractivity (Wildman–Crippen MR) is 91.5 cm³/mol. The molecule has 134 valence electrons. The fourth-order valence-electron chi connectivity index (χ4n) is 3.23. The first-order valence-electron chi connectivity index (χ1n) is 8.18. The minimum atomic E-state index is -0.745. The minimum absolute atomic E-state index is 0.191. The van der Waals surface area contributed by atoms with E-state index >= 15 is 0 Å². The van der Waals surface area contributed by atoms with Crippen LogP contribution in [0, 0.1) is 12.3 Å². The zero-order valence-electron chi connectivity index (χ0n) is 14.3. The Hall–Kier alpha value is -2.68. The van der Waals surface area contributed by atoms with Crippen molar-refractivity contribution in [3.8, 4) is 0 Å². The second kappa shape index (κ2) is 6.67. The van der Waals surface area contributed by atoms with Crippen LogP contribution in [0.2, 0.25) is 0 Å². The highest BCUT2D eigenvalue weighted by Crippen LogP contribution is 2.35. The van der Waals surface area contributed by atoms with E-state index in [0.29, 0.717) is 25.9 Å². The molecular weight excluding hydrogens is 324 g/mol. The van der Waals surface area contributed by atoms with E-state index < -0.39 is 11.4 Å². The molecule has 0 aromatic carbocycles. The summed E-state index contributed by atoms with van der Waals surface area (Å²) in [6, 6.07) is 0. The number of hydroxylamine groups is 1. The Bertz CT molecular complexity index is 794. The number of fused-ring (bicyclic) bond motifs is 1. The number of carbonyl (C=O) groups excluding carboxylic acids is 2. The Morgan fingerprint density at radius 1 is 1.40 bits per heavy atom. The zero-order valence-corrected chi connectivity index (χ0v) is 14.3. The molecule has 1 aliphatic heterocycles. The van der Waals surface area contributed by atoms with E-state index in [4.69, 9.17) is 5.73 Å². The van der Waals surface area contributed by atoms with Gasteiger partial charge in [0.05, 0.1) is 10.8 Å². The fraction of sp³-hybridized carbons (Fsp3) is 0.500. The third kappa shape index (κ3) is 3.14. The van der Waals surface area contributed by atoms with Crippen molar-refractivity contribution in [2.45, 2.75) is 26.7 Å². The van der Waals surface area contributed by atoms with Crippen LogP contribution in [0.3, 0.4) is 0 Å². The molecule has 3 heterocycles. The Balaban J connectivity index is 1.77. The van der Waals surface area contributed by atoms with E-state index in [9.17, 15) is 9.59 Å².